The fourth-order valence-corrected chi connectivity index (χ4v) is 9.90. The lowest BCUT2D eigenvalue weighted by Crippen LogP contribution is -2.53. The normalized spacial score (nSPS) is 42.4. The molecule has 4 aliphatic carbocycles. The highest BCUT2D eigenvalue weighted by Crippen LogP contribution is 2.68. The van der Waals surface area contributed by atoms with E-state index >= 15 is 0 Å². The lowest BCUT2D eigenvalue weighted by Gasteiger charge is -2.58. The molecular formula is C31H44N2O2. The minimum atomic E-state index is 0.114. The Kier molecular flexibility index (Phi) is 5.63. The molecule has 1 spiro atoms. The van der Waals surface area contributed by atoms with Crippen molar-refractivity contribution in [2.24, 2.45) is 34.5 Å². The van der Waals surface area contributed by atoms with Crippen molar-refractivity contribution >= 4 is 5.91 Å². The molecule has 0 aromatic heterocycles. The second-order valence-electron chi connectivity index (χ2n) is 12.9. The average Bonchev–Trinajstić information content (AvgIpc) is 3.36. The minimum Gasteiger partial charge on any atom is -0.497 e. The van der Waals surface area contributed by atoms with E-state index in [0.29, 0.717) is 16.9 Å². The topological polar surface area (TPSA) is 32.8 Å². The van der Waals surface area contributed by atoms with Crippen LogP contribution in [-0.4, -0.2) is 55.5 Å². The number of carbonyl (C=O) groups excluding carboxylic acids is 1. The number of likely N-dealkylation sites (tertiary alicyclic amines) is 1. The molecule has 1 aliphatic heterocycles. The van der Waals surface area contributed by atoms with E-state index in [-0.39, 0.29) is 5.91 Å². The van der Waals surface area contributed by atoms with Crippen LogP contribution in [0.2, 0.25) is 0 Å². The first-order valence-electron chi connectivity index (χ1n) is 14.1. The molecule has 1 amide bonds. The molecular weight excluding hydrogens is 432 g/mol. The molecule has 1 saturated heterocycles. The molecule has 6 rings (SSSR count). The van der Waals surface area contributed by atoms with E-state index in [2.05, 4.69) is 31.9 Å². The summed E-state index contributed by atoms with van der Waals surface area (Å²) in [6.07, 6.45) is 13.1. The SMILES string of the molecule is COc1cccc(C(=O)N(C)C2CCC3(C)C(=CCC4C3CCC35CN(C)C(C)C3CCC45)C2)c1. The molecule has 4 nitrogen and oxygen atoms in total. The molecule has 0 bridgehead atoms. The molecule has 1 aromatic carbocycles. The van der Waals surface area contributed by atoms with Crippen LogP contribution in [0.15, 0.2) is 35.9 Å². The van der Waals surface area contributed by atoms with Crippen LogP contribution < -0.4 is 4.74 Å². The number of carbonyl (C=O) groups is 1. The van der Waals surface area contributed by atoms with Crippen LogP contribution in [0.5, 0.6) is 5.75 Å². The second kappa shape index (κ2) is 8.36. The first kappa shape index (κ1) is 23.6. The van der Waals surface area contributed by atoms with E-state index in [0.717, 1.165) is 53.9 Å². The van der Waals surface area contributed by atoms with Crippen LogP contribution in [0.4, 0.5) is 0 Å². The van der Waals surface area contributed by atoms with Gasteiger partial charge < -0.3 is 14.5 Å². The maximum Gasteiger partial charge on any atom is 0.253 e. The van der Waals surface area contributed by atoms with Crippen LogP contribution in [-0.2, 0) is 0 Å². The molecule has 1 heterocycles. The molecule has 5 aliphatic rings. The lowest BCUT2D eigenvalue weighted by atomic mass is 9.47. The quantitative estimate of drug-likeness (QED) is 0.500. The largest absolute Gasteiger partial charge is 0.497 e. The molecule has 3 saturated carbocycles. The summed E-state index contributed by atoms with van der Waals surface area (Å²) in [4.78, 5) is 18.0. The Labute approximate surface area is 212 Å². The molecule has 190 valence electrons. The Balaban J connectivity index is 1.21. The van der Waals surface area contributed by atoms with Gasteiger partial charge in [0.05, 0.1) is 7.11 Å². The first-order chi connectivity index (χ1) is 16.8. The number of allylic oxidation sites excluding steroid dienone is 1. The monoisotopic (exact) mass is 476 g/mol. The summed E-state index contributed by atoms with van der Waals surface area (Å²) in [6.45, 7) is 6.40. The van der Waals surface area contributed by atoms with Crippen molar-refractivity contribution in [2.75, 3.05) is 27.7 Å². The molecule has 1 aromatic rings. The van der Waals surface area contributed by atoms with E-state index in [1.165, 1.54) is 45.1 Å². The smallest absolute Gasteiger partial charge is 0.253 e. The fourth-order valence-electron chi connectivity index (χ4n) is 9.90. The van der Waals surface area contributed by atoms with Gasteiger partial charge in [0.25, 0.3) is 5.91 Å². The number of benzene rings is 1. The number of methoxy groups -OCH3 is 1. The van der Waals surface area contributed by atoms with Gasteiger partial charge in [0.1, 0.15) is 5.75 Å². The third-order valence-corrected chi connectivity index (χ3v) is 11.9. The molecule has 35 heavy (non-hydrogen) atoms. The van der Waals surface area contributed by atoms with Crippen molar-refractivity contribution in [1.29, 1.82) is 0 Å². The predicted octanol–water partition coefficient (Wildman–Crippen LogP) is 6.03. The summed E-state index contributed by atoms with van der Waals surface area (Å²) < 4.78 is 5.35. The van der Waals surface area contributed by atoms with Crippen molar-refractivity contribution in [1.82, 2.24) is 9.80 Å². The van der Waals surface area contributed by atoms with E-state index in [1.54, 1.807) is 12.7 Å². The zero-order valence-electron chi connectivity index (χ0n) is 22.4. The van der Waals surface area contributed by atoms with Crippen LogP contribution in [0.25, 0.3) is 0 Å². The van der Waals surface area contributed by atoms with Gasteiger partial charge in [-0.15, -0.1) is 0 Å². The Bertz CT molecular complexity index is 1030. The summed E-state index contributed by atoms with van der Waals surface area (Å²) in [5.74, 6) is 4.40. The van der Waals surface area contributed by atoms with Gasteiger partial charge in [-0.05, 0) is 118 Å². The molecule has 8 atom stereocenters. The van der Waals surface area contributed by atoms with E-state index in [1.807, 2.05) is 36.2 Å². The third kappa shape index (κ3) is 3.38. The third-order valence-electron chi connectivity index (χ3n) is 11.9. The number of fused-ring (bicyclic) bond motifs is 4. The highest BCUT2D eigenvalue weighted by atomic mass is 16.5. The number of ether oxygens (including phenoxy) is 1. The Morgan fingerprint density at radius 2 is 1.91 bits per heavy atom. The Morgan fingerprint density at radius 1 is 1.11 bits per heavy atom. The highest BCUT2D eigenvalue weighted by molar-refractivity contribution is 5.94. The van der Waals surface area contributed by atoms with Gasteiger partial charge in [-0.3, -0.25) is 4.79 Å². The van der Waals surface area contributed by atoms with Crippen LogP contribution >= 0.6 is 0 Å². The maximum absolute atomic E-state index is 13.3. The van der Waals surface area contributed by atoms with Crippen molar-refractivity contribution < 1.29 is 9.53 Å². The minimum absolute atomic E-state index is 0.114. The number of hydrogen-bond donors (Lipinski definition) is 0. The fraction of sp³-hybridized carbons (Fsp3) is 0.710. The van der Waals surface area contributed by atoms with Crippen LogP contribution in [0, 0.1) is 34.5 Å². The van der Waals surface area contributed by atoms with Gasteiger partial charge in [0.15, 0.2) is 0 Å². The molecule has 4 fully saturated rings. The predicted molar refractivity (Wildman–Crippen MR) is 140 cm³/mol. The van der Waals surface area contributed by atoms with Gasteiger partial charge in [0, 0.05) is 31.2 Å². The zero-order valence-corrected chi connectivity index (χ0v) is 22.4. The van der Waals surface area contributed by atoms with Crippen molar-refractivity contribution in [3.8, 4) is 5.75 Å². The highest BCUT2D eigenvalue weighted by Gasteiger charge is 2.64. The molecule has 8 unspecified atom stereocenters. The van der Waals surface area contributed by atoms with Gasteiger partial charge in [-0.25, -0.2) is 0 Å². The summed E-state index contributed by atoms with van der Waals surface area (Å²) in [5.41, 5.74) is 3.30. The average molecular weight is 477 g/mol. The summed E-state index contributed by atoms with van der Waals surface area (Å²) in [5, 5.41) is 0. The lowest BCUT2D eigenvalue weighted by molar-refractivity contribution is -0.0430. The molecule has 0 radical (unpaired) electrons. The van der Waals surface area contributed by atoms with Crippen molar-refractivity contribution in [3.05, 3.63) is 41.5 Å². The van der Waals surface area contributed by atoms with Gasteiger partial charge in [0.2, 0.25) is 0 Å². The van der Waals surface area contributed by atoms with Gasteiger partial charge in [-0.1, -0.05) is 24.6 Å². The summed E-state index contributed by atoms with van der Waals surface area (Å²) in [7, 11) is 6.02. The summed E-state index contributed by atoms with van der Waals surface area (Å²) in [6, 6.07) is 8.64. The Morgan fingerprint density at radius 3 is 2.71 bits per heavy atom. The van der Waals surface area contributed by atoms with Crippen LogP contribution in [0.3, 0.4) is 0 Å². The number of rotatable bonds is 3. The van der Waals surface area contributed by atoms with Crippen molar-refractivity contribution in [2.45, 2.75) is 77.3 Å². The number of amides is 1. The maximum atomic E-state index is 13.3. The summed E-state index contributed by atoms with van der Waals surface area (Å²) >= 11 is 0. The van der Waals surface area contributed by atoms with Crippen LogP contribution in [0.1, 0.15) is 75.6 Å². The zero-order chi connectivity index (χ0) is 24.5. The number of hydrogen-bond acceptors (Lipinski definition) is 3. The first-order valence-corrected chi connectivity index (χ1v) is 14.1. The van der Waals surface area contributed by atoms with Gasteiger partial charge >= 0.3 is 0 Å². The number of nitrogens with zero attached hydrogens (tertiary/aromatic N) is 2. The van der Waals surface area contributed by atoms with Gasteiger partial charge in [-0.2, -0.15) is 0 Å². The van der Waals surface area contributed by atoms with Crippen molar-refractivity contribution in [3.63, 3.8) is 0 Å². The van der Waals surface area contributed by atoms with E-state index in [9.17, 15) is 4.79 Å². The van der Waals surface area contributed by atoms with E-state index < -0.39 is 0 Å². The Hall–Kier alpha value is -1.81. The second-order valence-corrected chi connectivity index (χ2v) is 12.9. The molecule has 4 heteroatoms. The van der Waals surface area contributed by atoms with E-state index in [4.69, 9.17) is 4.74 Å². The standard InChI is InChI=1S/C31H44N2O2/c1-20-26-11-12-28-25-10-9-22-18-23(33(4)29(34)21-7-6-8-24(17-21)35-5)13-15-30(22,2)27(25)14-16-31(26,28)19-32(20)3/h6-9,17,20,23,25-28H,10-16,18-19H2,1-5H3. The molecule has 0 N–H and O–H groups in total.